The van der Waals surface area contributed by atoms with Gasteiger partial charge in [-0.05, 0) is 30.5 Å². The number of nitrogens with zero attached hydrogens (tertiary/aromatic N) is 2. The van der Waals surface area contributed by atoms with Crippen molar-refractivity contribution in [2.24, 2.45) is 0 Å². The Labute approximate surface area is 125 Å². The number of ether oxygens (including phenoxy) is 1. The number of fused-ring (bicyclic) bond motifs is 1. The first-order valence-corrected chi connectivity index (χ1v) is 7.46. The summed E-state index contributed by atoms with van der Waals surface area (Å²) in [5, 5.41) is 4.36. The number of carbonyl (C=O) groups excluding carboxylic acids is 1. The molecule has 0 bridgehead atoms. The largest absolute Gasteiger partial charge is 0.497 e. The van der Waals surface area contributed by atoms with Crippen LogP contribution in [-0.2, 0) is 13.0 Å². The van der Waals surface area contributed by atoms with E-state index in [9.17, 15) is 4.79 Å². The Kier molecular flexibility index (Phi) is 3.61. The van der Waals surface area contributed by atoms with Crippen LogP contribution in [0.4, 0.5) is 0 Å². The van der Waals surface area contributed by atoms with E-state index in [-0.39, 0.29) is 10.6 Å². The average Bonchev–Trinajstić information content (AvgIpc) is 2.87. The van der Waals surface area contributed by atoms with Gasteiger partial charge < -0.3 is 4.74 Å². The second-order valence-corrected chi connectivity index (χ2v) is 5.99. The molecule has 1 aromatic carbocycles. The maximum Gasteiger partial charge on any atom is 0.179 e. The summed E-state index contributed by atoms with van der Waals surface area (Å²) in [5.41, 5.74) is 2.94. The van der Waals surface area contributed by atoms with Crippen molar-refractivity contribution in [3.63, 3.8) is 0 Å². The van der Waals surface area contributed by atoms with Crippen molar-refractivity contribution < 1.29 is 9.53 Å². The van der Waals surface area contributed by atoms with E-state index in [0.717, 1.165) is 35.4 Å². The molecule has 20 heavy (non-hydrogen) atoms. The summed E-state index contributed by atoms with van der Waals surface area (Å²) in [5.74, 6) is 0.987. The Hall–Kier alpha value is -1.62. The summed E-state index contributed by atoms with van der Waals surface area (Å²) < 4.78 is 7.07. The topological polar surface area (TPSA) is 44.1 Å². The summed E-state index contributed by atoms with van der Waals surface area (Å²) in [6, 6.07) is 7.91. The molecule has 3 rings (SSSR count). The van der Waals surface area contributed by atoms with Crippen LogP contribution in [0.25, 0.3) is 0 Å². The molecule has 1 aliphatic rings. The average molecular weight is 335 g/mol. The zero-order chi connectivity index (χ0) is 14.1. The number of halogens is 1. The fourth-order valence-corrected chi connectivity index (χ4v) is 2.96. The first kappa shape index (κ1) is 13.4. The summed E-state index contributed by atoms with van der Waals surface area (Å²) in [6.07, 6.45) is 3.40. The van der Waals surface area contributed by atoms with E-state index in [2.05, 4.69) is 21.0 Å². The van der Waals surface area contributed by atoms with E-state index in [0.29, 0.717) is 6.54 Å². The molecule has 1 heterocycles. The first-order valence-electron chi connectivity index (χ1n) is 6.55. The number of Topliss-reactive ketones (excluding diaryl/α,β-unsaturated/α-hetero) is 1. The Balaban J connectivity index is 1.85. The lowest BCUT2D eigenvalue weighted by Gasteiger charge is -2.17. The lowest BCUT2D eigenvalue weighted by atomic mass is 9.96. The SMILES string of the molecule is COc1ccc(Cn2ncc3c2CCC(Br)C3=O)cc1. The third kappa shape index (κ3) is 2.38. The number of ketones is 1. The molecule has 104 valence electrons. The molecule has 1 aromatic heterocycles. The minimum atomic E-state index is -0.0614. The number of carbonyl (C=O) groups is 1. The second-order valence-electron chi connectivity index (χ2n) is 4.88. The van der Waals surface area contributed by atoms with Gasteiger partial charge in [-0.25, -0.2) is 0 Å². The predicted molar refractivity (Wildman–Crippen MR) is 79.7 cm³/mol. The molecule has 4 nitrogen and oxygen atoms in total. The number of hydrogen-bond acceptors (Lipinski definition) is 3. The van der Waals surface area contributed by atoms with Gasteiger partial charge in [0.15, 0.2) is 5.78 Å². The summed E-state index contributed by atoms with van der Waals surface area (Å²) in [7, 11) is 1.65. The van der Waals surface area contributed by atoms with Gasteiger partial charge in [-0.1, -0.05) is 28.1 Å². The van der Waals surface area contributed by atoms with Gasteiger partial charge in [0.25, 0.3) is 0 Å². The lowest BCUT2D eigenvalue weighted by molar-refractivity contribution is 0.0981. The summed E-state index contributed by atoms with van der Waals surface area (Å²) in [6.45, 7) is 0.680. The highest BCUT2D eigenvalue weighted by Crippen LogP contribution is 2.26. The number of aromatic nitrogens is 2. The van der Waals surface area contributed by atoms with Crippen LogP contribution < -0.4 is 4.74 Å². The fraction of sp³-hybridized carbons (Fsp3) is 0.333. The lowest BCUT2D eigenvalue weighted by Crippen LogP contribution is -2.23. The minimum Gasteiger partial charge on any atom is -0.497 e. The van der Waals surface area contributed by atoms with Gasteiger partial charge in [0.1, 0.15) is 5.75 Å². The zero-order valence-electron chi connectivity index (χ0n) is 11.2. The molecule has 1 atom stereocenters. The predicted octanol–water partition coefficient (Wildman–Crippen LogP) is 2.83. The van der Waals surface area contributed by atoms with Crippen molar-refractivity contribution in [2.75, 3.05) is 7.11 Å². The second kappa shape index (κ2) is 5.40. The standard InChI is InChI=1S/C15H15BrN2O2/c1-20-11-4-2-10(3-5-11)9-18-14-7-6-13(16)15(19)12(14)8-17-18/h2-5,8,13H,6-7,9H2,1H3. The van der Waals surface area contributed by atoms with E-state index in [1.807, 2.05) is 28.9 Å². The molecule has 0 saturated heterocycles. The summed E-state index contributed by atoms with van der Waals surface area (Å²) in [4.78, 5) is 12.0. The van der Waals surface area contributed by atoms with Crippen molar-refractivity contribution in [3.8, 4) is 5.75 Å². The minimum absolute atomic E-state index is 0.0614. The van der Waals surface area contributed by atoms with Crippen molar-refractivity contribution in [1.82, 2.24) is 9.78 Å². The van der Waals surface area contributed by atoms with Gasteiger partial charge >= 0.3 is 0 Å². The molecule has 0 aliphatic heterocycles. The van der Waals surface area contributed by atoms with E-state index >= 15 is 0 Å². The van der Waals surface area contributed by atoms with Crippen molar-refractivity contribution in [1.29, 1.82) is 0 Å². The molecule has 0 fully saturated rings. The van der Waals surface area contributed by atoms with E-state index in [1.54, 1.807) is 13.3 Å². The van der Waals surface area contributed by atoms with Gasteiger partial charge in [0.2, 0.25) is 0 Å². The Bertz CT molecular complexity index is 634. The third-order valence-electron chi connectivity index (χ3n) is 3.62. The first-order chi connectivity index (χ1) is 9.69. The molecule has 0 saturated carbocycles. The monoisotopic (exact) mass is 334 g/mol. The highest BCUT2D eigenvalue weighted by Gasteiger charge is 2.28. The maximum absolute atomic E-state index is 12.0. The molecule has 0 radical (unpaired) electrons. The van der Waals surface area contributed by atoms with Gasteiger partial charge in [-0.3, -0.25) is 9.48 Å². The molecular weight excluding hydrogens is 320 g/mol. The van der Waals surface area contributed by atoms with Gasteiger partial charge in [-0.15, -0.1) is 0 Å². The maximum atomic E-state index is 12.0. The van der Waals surface area contributed by atoms with Crippen LogP contribution >= 0.6 is 15.9 Å². The number of methoxy groups -OCH3 is 1. The Morgan fingerprint density at radius 2 is 2.15 bits per heavy atom. The summed E-state index contributed by atoms with van der Waals surface area (Å²) >= 11 is 3.41. The van der Waals surface area contributed by atoms with E-state index in [1.165, 1.54) is 0 Å². The molecular formula is C15H15BrN2O2. The number of alkyl halides is 1. The molecule has 0 amide bonds. The van der Waals surface area contributed by atoms with Crippen molar-refractivity contribution in [3.05, 3.63) is 47.3 Å². The number of benzene rings is 1. The van der Waals surface area contributed by atoms with E-state index in [4.69, 9.17) is 4.74 Å². The highest BCUT2D eigenvalue weighted by molar-refractivity contribution is 9.10. The van der Waals surface area contributed by atoms with Crippen LogP contribution in [0.1, 0.15) is 28.0 Å². The smallest absolute Gasteiger partial charge is 0.179 e. The quantitative estimate of drug-likeness (QED) is 0.810. The molecule has 0 N–H and O–H groups in total. The Morgan fingerprint density at radius 1 is 1.40 bits per heavy atom. The number of rotatable bonds is 3. The highest BCUT2D eigenvalue weighted by atomic mass is 79.9. The van der Waals surface area contributed by atoms with Crippen LogP contribution in [0.2, 0.25) is 0 Å². The zero-order valence-corrected chi connectivity index (χ0v) is 12.8. The van der Waals surface area contributed by atoms with Crippen LogP contribution in [-0.4, -0.2) is 27.5 Å². The van der Waals surface area contributed by atoms with Crippen molar-refractivity contribution >= 4 is 21.7 Å². The molecule has 1 unspecified atom stereocenters. The molecule has 2 aromatic rings. The molecule has 1 aliphatic carbocycles. The normalized spacial score (nSPS) is 17.9. The van der Waals surface area contributed by atoms with Crippen LogP contribution in [0.3, 0.4) is 0 Å². The third-order valence-corrected chi connectivity index (χ3v) is 4.50. The number of hydrogen-bond donors (Lipinski definition) is 0. The van der Waals surface area contributed by atoms with Gasteiger partial charge in [0, 0.05) is 5.69 Å². The Morgan fingerprint density at radius 3 is 2.85 bits per heavy atom. The van der Waals surface area contributed by atoms with E-state index < -0.39 is 0 Å². The van der Waals surface area contributed by atoms with Gasteiger partial charge in [-0.2, -0.15) is 5.10 Å². The van der Waals surface area contributed by atoms with Crippen LogP contribution in [0, 0.1) is 0 Å². The van der Waals surface area contributed by atoms with Crippen LogP contribution in [0.15, 0.2) is 30.5 Å². The fourth-order valence-electron chi connectivity index (χ4n) is 2.48. The van der Waals surface area contributed by atoms with Gasteiger partial charge in [0.05, 0.1) is 30.2 Å². The molecule has 0 spiro atoms. The van der Waals surface area contributed by atoms with Crippen LogP contribution in [0.5, 0.6) is 5.75 Å². The molecule has 5 heteroatoms. The van der Waals surface area contributed by atoms with Crippen molar-refractivity contribution in [2.45, 2.75) is 24.2 Å².